The second-order valence-electron chi connectivity index (χ2n) is 3.98. The van der Waals surface area contributed by atoms with Crippen LogP contribution in [0.1, 0.15) is 25.9 Å². The molecule has 18 heavy (non-hydrogen) atoms. The lowest BCUT2D eigenvalue weighted by atomic mass is 10.1. The van der Waals surface area contributed by atoms with Gasteiger partial charge in [0.2, 0.25) is 0 Å². The summed E-state index contributed by atoms with van der Waals surface area (Å²) < 4.78 is 0. The molecule has 0 fully saturated rings. The second kappa shape index (κ2) is 5.39. The zero-order chi connectivity index (χ0) is 13.3. The largest absolute Gasteiger partial charge is 0.294 e. The third kappa shape index (κ3) is 2.91. The van der Waals surface area contributed by atoms with Gasteiger partial charge in [0.15, 0.2) is 5.78 Å². The Morgan fingerprint density at radius 2 is 2.00 bits per heavy atom. The summed E-state index contributed by atoms with van der Waals surface area (Å²) in [5.74, 6) is 0.00215. The van der Waals surface area contributed by atoms with Crippen LogP contribution in [0.2, 0.25) is 10.0 Å². The molecule has 94 valence electrons. The zero-order valence-corrected chi connectivity index (χ0v) is 12.3. The minimum absolute atomic E-state index is 0.00215. The summed E-state index contributed by atoms with van der Waals surface area (Å²) in [6.07, 6.45) is 0.303. The number of hydrogen-bond acceptors (Lipinski definition) is 3. The van der Waals surface area contributed by atoms with Gasteiger partial charge >= 0.3 is 0 Å². The molecular formula is C13H11Cl2NOS. The number of thiazole rings is 1. The van der Waals surface area contributed by atoms with Crippen LogP contribution in [-0.2, 0) is 6.42 Å². The maximum absolute atomic E-state index is 12.1. The maximum Gasteiger partial charge on any atom is 0.169 e. The fraction of sp³-hybridized carbons (Fsp3) is 0.231. The molecule has 2 nitrogen and oxygen atoms in total. The van der Waals surface area contributed by atoms with E-state index in [0.29, 0.717) is 22.0 Å². The molecule has 2 rings (SSSR count). The average molecular weight is 300 g/mol. The van der Waals surface area contributed by atoms with Gasteiger partial charge < -0.3 is 0 Å². The van der Waals surface area contributed by atoms with Crippen molar-refractivity contribution >= 4 is 40.3 Å². The Labute approximate surface area is 120 Å². The third-order valence-corrected chi connectivity index (χ3v) is 4.44. The molecule has 1 aromatic carbocycles. The Hall–Kier alpha value is -0.900. The first kappa shape index (κ1) is 13.5. The number of nitrogens with zero attached hydrogens (tertiary/aromatic N) is 1. The van der Waals surface area contributed by atoms with E-state index >= 15 is 0 Å². The predicted molar refractivity (Wildman–Crippen MR) is 76.1 cm³/mol. The van der Waals surface area contributed by atoms with Crippen LogP contribution in [0.5, 0.6) is 0 Å². The minimum Gasteiger partial charge on any atom is -0.294 e. The molecule has 2 aromatic rings. The molecule has 0 aliphatic heterocycles. The number of ketones is 1. The molecule has 0 radical (unpaired) electrons. The summed E-state index contributed by atoms with van der Waals surface area (Å²) >= 11 is 13.3. The summed E-state index contributed by atoms with van der Waals surface area (Å²) in [6.45, 7) is 3.94. The normalized spacial score (nSPS) is 10.7. The van der Waals surface area contributed by atoms with Gasteiger partial charge in [0, 0.05) is 10.4 Å². The highest BCUT2D eigenvalue weighted by molar-refractivity contribution is 7.11. The van der Waals surface area contributed by atoms with Crippen LogP contribution in [0.25, 0.3) is 0 Å². The van der Waals surface area contributed by atoms with E-state index in [-0.39, 0.29) is 5.78 Å². The van der Waals surface area contributed by atoms with E-state index in [2.05, 4.69) is 4.98 Å². The van der Waals surface area contributed by atoms with Gasteiger partial charge in [-0.1, -0.05) is 23.2 Å². The lowest BCUT2D eigenvalue weighted by Crippen LogP contribution is -2.03. The monoisotopic (exact) mass is 299 g/mol. The molecule has 0 aliphatic carbocycles. The first-order valence-corrected chi connectivity index (χ1v) is 6.96. The van der Waals surface area contributed by atoms with Crippen molar-refractivity contribution < 1.29 is 4.79 Å². The SMILES string of the molecule is Cc1nc(CC(=O)c2ccc(Cl)c(Cl)c2)sc1C. The predicted octanol–water partition coefficient (Wildman–Crippen LogP) is 4.49. The van der Waals surface area contributed by atoms with Crippen molar-refractivity contribution in [1.82, 2.24) is 4.98 Å². The van der Waals surface area contributed by atoms with Gasteiger partial charge in [-0.15, -0.1) is 11.3 Å². The number of benzene rings is 1. The van der Waals surface area contributed by atoms with Crippen LogP contribution in [0.3, 0.4) is 0 Å². The molecule has 1 heterocycles. The van der Waals surface area contributed by atoms with Crippen molar-refractivity contribution in [3.05, 3.63) is 49.4 Å². The Balaban J connectivity index is 2.19. The van der Waals surface area contributed by atoms with E-state index < -0.39 is 0 Å². The van der Waals surface area contributed by atoms with E-state index in [1.165, 1.54) is 0 Å². The van der Waals surface area contributed by atoms with E-state index in [1.807, 2.05) is 13.8 Å². The van der Waals surface area contributed by atoms with E-state index in [9.17, 15) is 4.79 Å². The van der Waals surface area contributed by atoms with Gasteiger partial charge in [-0.2, -0.15) is 0 Å². The molecule has 1 aromatic heterocycles. The Morgan fingerprint density at radius 3 is 2.56 bits per heavy atom. The van der Waals surface area contributed by atoms with E-state index in [0.717, 1.165) is 15.6 Å². The smallest absolute Gasteiger partial charge is 0.169 e. The molecule has 0 saturated heterocycles. The highest BCUT2D eigenvalue weighted by Crippen LogP contribution is 2.24. The molecule has 0 atom stereocenters. The van der Waals surface area contributed by atoms with Crippen molar-refractivity contribution in [2.24, 2.45) is 0 Å². The fourth-order valence-corrected chi connectivity index (χ4v) is 2.75. The lowest BCUT2D eigenvalue weighted by Gasteiger charge is -2.01. The summed E-state index contributed by atoms with van der Waals surface area (Å²) in [5.41, 5.74) is 1.55. The van der Waals surface area contributed by atoms with Crippen LogP contribution in [-0.4, -0.2) is 10.8 Å². The molecule has 0 aliphatic rings. The van der Waals surface area contributed by atoms with Crippen LogP contribution >= 0.6 is 34.5 Å². The number of carbonyl (C=O) groups is 1. The first-order chi connectivity index (χ1) is 8.47. The fourth-order valence-electron chi connectivity index (χ4n) is 1.52. The first-order valence-electron chi connectivity index (χ1n) is 5.38. The Bertz CT molecular complexity index is 588. The second-order valence-corrected chi connectivity index (χ2v) is 6.08. The number of aromatic nitrogens is 1. The third-order valence-electron chi connectivity index (χ3n) is 2.63. The van der Waals surface area contributed by atoms with E-state index in [1.54, 1.807) is 29.5 Å². The van der Waals surface area contributed by atoms with Gasteiger partial charge in [-0.25, -0.2) is 4.98 Å². The van der Waals surface area contributed by atoms with Crippen LogP contribution in [0.4, 0.5) is 0 Å². The molecule has 0 amide bonds. The number of carbonyl (C=O) groups excluding carboxylic acids is 1. The van der Waals surface area contributed by atoms with Crippen LogP contribution in [0.15, 0.2) is 18.2 Å². The molecule has 0 N–H and O–H groups in total. The standard InChI is InChI=1S/C13H11Cl2NOS/c1-7-8(2)18-13(16-7)6-12(17)9-3-4-10(14)11(15)5-9/h3-5H,6H2,1-2H3. The van der Waals surface area contributed by atoms with Gasteiger partial charge in [0.1, 0.15) is 5.01 Å². The molecule has 0 unspecified atom stereocenters. The van der Waals surface area contributed by atoms with Gasteiger partial charge in [-0.3, -0.25) is 4.79 Å². The van der Waals surface area contributed by atoms with Gasteiger partial charge in [0.25, 0.3) is 0 Å². The van der Waals surface area contributed by atoms with Crippen molar-refractivity contribution in [3.8, 4) is 0 Å². The van der Waals surface area contributed by atoms with Crippen molar-refractivity contribution in [2.45, 2.75) is 20.3 Å². The number of aryl methyl sites for hydroxylation is 2. The minimum atomic E-state index is 0.00215. The average Bonchev–Trinajstić information content (AvgIpc) is 2.61. The topological polar surface area (TPSA) is 30.0 Å². The number of halogens is 2. The molecule has 0 spiro atoms. The van der Waals surface area contributed by atoms with Crippen LogP contribution in [0, 0.1) is 13.8 Å². The Morgan fingerprint density at radius 1 is 1.28 bits per heavy atom. The van der Waals surface area contributed by atoms with Crippen molar-refractivity contribution in [2.75, 3.05) is 0 Å². The number of rotatable bonds is 3. The van der Waals surface area contributed by atoms with E-state index in [4.69, 9.17) is 23.2 Å². The van der Waals surface area contributed by atoms with Crippen LogP contribution < -0.4 is 0 Å². The number of hydrogen-bond donors (Lipinski definition) is 0. The van der Waals surface area contributed by atoms with Crippen molar-refractivity contribution in [1.29, 1.82) is 0 Å². The molecule has 5 heteroatoms. The molecule has 0 saturated carbocycles. The highest BCUT2D eigenvalue weighted by atomic mass is 35.5. The molecular weight excluding hydrogens is 289 g/mol. The quantitative estimate of drug-likeness (QED) is 0.782. The summed E-state index contributed by atoms with van der Waals surface area (Å²) in [5, 5.41) is 1.68. The Kier molecular flexibility index (Phi) is 4.05. The van der Waals surface area contributed by atoms with Gasteiger partial charge in [-0.05, 0) is 32.0 Å². The van der Waals surface area contributed by atoms with Crippen molar-refractivity contribution in [3.63, 3.8) is 0 Å². The number of Topliss-reactive ketones (excluding diaryl/α,β-unsaturated/α-hetero) is 1. The van der Waals surface area contributed by atoms with Gasteiger partial charge in [0.05, 0.1) is 22.2 Å². The summed E-state index contributed by atoms with van der Waals surface area (Å²) in [7, 11) is 0. The highest BCUT2D eigenvalue weighted by Gasteiger charge is 2.12. The molecule has 0 bridgehead atoms. The maximum atomic E-state index is 12.1. The summed E-state index contributed by atoms with van der Waals surface area (Å²) in [4.78, 5) is 17.6. The summed E-state index contributed by atoms with van der Waals surface area (Å²) in [6, 6.07) is 4.92. The lowest BCUT2D eigenvalue weighted by molar-refractivity contribution is 0.0993. The zero-order valence-electron chi connectivity index (χ0n) is 9.96.